The second kappa shape index (κ2) is 5.60. The van der Waals surface area contributed by atoms with Gasteiger partial charge >= 0.3 is 0 Å². The van der Waals surface area contributed by atoms with Crippen molar-refractivity contribution < 1.29 is 4.39 Å². The molecule has 0 spiro atoms. The van der Waals surface area contributed by atoms with Gasteiger partial charge in [-0.2, -0.15) is 4.39 Å². The number of nitrogens with zero attached hydrogens (tertiary/aromatic N) is 2. The summed E-state index contributed by atoms with van der Waals surface area (Å²) < 4.78 is 13.0. The third-order valence-corrected chi connectivity index (χ3v) is 5.01. The fourth-order valence-electron chi connectivity index (χ4n) is 2.99. The van der Waals surface area contributed by atoms with Gasteiger partial charge in [0, 0.05) is 33.4 Å². The van der Waals surface area contributed by atoms with Gasteiger partial charge in [-0.15, -0.1) is 11.3 Å². The van der Waals surface area contributed by atoms with Crippen LogP contribution in [0.4, 0.5) is 4.39 Å². The summed E-state index contributed by atoms with van der Waals surface area (Å²) >= 11 is 1.50. The first kappa shape index (κ1) is 15.0. The van der Waals surface area contributed by atoms with E-state index in [4.69, 9.17) is 0 Å². The van der Waals surface area contributed by atoms with Crippen LogP contribution in [0.2, 0.25) is 0 Å². The summed E-state index contributed by atoms with van der Waals surface area (Å²) in [6.45, 7) is 0. The summed E-state index contributed by atoms with van der Waals surface area (Å²) in [7, 11) is 0. The van der Waals surface area contributed by atoms with Crippen molar-refractivity contribution in [2.24, 2.45) is 0 Å². The van der Waals surface area contributed by atoms with Crippen molar-refractivity contribution in [2.45, 2.75) is 0 Å². The van der Waals surface area contributed by atoms with Crippen LogP contribution in [-0.2, 0) is 0 Å². The number of fused-ring (bicyclic) bond motifs is 2. The number of halogens is 1. The van der Waals surface area contributed by atoms with Crippen molar-refractivity contribution in [1.29, 1.82) is 0 Å². The molecule has 0 atom stereocenters. The number of nitrogens with one attached hydrogen (secondary N) is 2. The van der Waals surface area contributed by atoms with Crippen LogP contribution in [0, 0.1) is 5.95 Å². The second-order valence-corrected chi connectivity index (χ2v) is 6.68. The summed E-state index contributed by atoms with van der Waals surface area (Å²) in [4.78, 5) is 26.6. The Kier molecular flexibility index (Phi) is 3.23. The Morgan fingerprint density at radius 1 is 0.962 bits per heavy atom. The minimum absolute atomic E-state index is 0.231. The van der Waals surface area contributed by atoms with Gasteiger partial charge in [-0.3, -0.25) is 4.79 Å². The number of benzene rings is 1. The number of hydrogen-bond acceptors (Lipinski definition) is 4. The number of H-pyrrole nitrogens is 2. The largest absolute Gasteiger partial charge is 0.353 e. The summed E-state index contributed by atoms with van der Waals surface area (Å²) in [5.41, 5.74) is 4.89. The maximum Gasteiger partial charge on any atom is 0.276 e. The zero-order valence-electron chi connectivity index (χ0n) is 13.3. The van der Waals surface area contributed by atoms with E-state index >= 15 is 0 Å². The maximum absolute atomic E-state index is 13.0. The highest BCUT2D eigenvalue weighted by Gasteiger charge is 2.12. The van der Waals surface area contributed by atoms with Crippen LogP contribution in [-0.4, -0.2) is 19.9 Å². The highest BCUT2D eigenvalue weighted by atomic mass is 32.1. The second-order valence-electron chi connectivity index (χ2n) is 5.94. The molecule has 1 aromatic carbocycles. The summed E-state index contributed by atoms with van der Waals surface area (Å²) in [6.07, 6.45) is 1.50. The number of thiophene rings is 1. The van der Waals surface area contributed by atoms with E-state index in [0.717, 1.165) is 33.1 Å². The highest BCUT2D eigenvalue weighted by Crippen LogP contribution is 2.27. The summed E-state index contributed by atoms with van der Waals surface area (Å²) in [5, 5.41) is 4.73. The molecule has 0 aliphatic rings. The molecule has 4 heterocycles. The molecule has 0 amide bonds. The van der Waals surface area contributed by atoms with E-state index in [1.54, 1.807) is 6.07 Å². The van der Waals surface area contributed by atoms with E-state index in [-0.39, 0.29) is 5.56 Å². The molecule has 0 saturated heterocycles. The lowest BCUT2D eigenvalue weighted by atomic mass is 10.1. The lowest BCUT2D eigenvalue weighted by molar-refractivity contribution is 0.584. The Morgan fingerprint density at radius 2 is 1.85 bits per heavy atom. The predicted molar refractivity (Wildman–Crippen MR) is 101 cm³/mol. The number of rotatable bonds is 2. The molecule has 7 heteroatoms. The minimum Gasteiger partial charge on any atom is -0.353 e. The molecule has 0 radical (unpaired) electrons. The van der Waals surface area contributed by atoms with Gasteiger partial charge in [-0.1, -0.05) is 12.1 Å². The Balaban J connectivity index is 1.64. The van der Waals surface area contributed by atoms with Gasteiger partial charge in [0.15, 0.2) is 5.69 Å². The molecule has 0 saturated carbocycles. The smallest absolute Gasteiger partial charge is 0.276 e. The molecule has 4 aromatic heterocycles. The van der Waals surface area contributed by atoms with E-state index in [9.17, 15) is 9.18 Å². The number of pyridine rings is 1. The molecule has 0 aliphatic carbocycles. The molecular formula is C19H11FN4OS. The Bertz CT molecular complexity index is 1320. The SMILES string of the molecule is O=c1[nH]c2cscc2nc1-c1cc2ccc(-c3ccc(F)nc3)cc2[nH]1. The van der Waals surface area contributed by atoms with Crippen molar-refractivity contribution in [2.75, 3.05) is 0 Å². The van der Waals surface area contributed by atoms with Crippen LogP contribution in [0.1, 0.15) is 0 Å². The third kappa shape index (κ3) is 2.41. The third-order valence-electron chi connectivity index (χ3n) is 4.28. The average Bonchev–Trinajstić information content (AvgIpc) is 3.26. The Labute approximate surface area is 150 Å². The molecule has 5 aromatic rings. The molecule has 2 N–H and O–H groups in total. The van der Waals surface area contributed by atoms with Crippen molar-refractivity contribution in [1.82, 2.24) is 19.9 Å². The molecule has 0 unspecified atom stereocenters. The Hall–Kier alpha value is -3.32. The first-order valence-electron chi connectivity index (χ1n) is 7.89. The first-order chi connectivity index (χ1) is 12.7. The summed E-state index contributed by atoms with van der Waals surface area (Å²) in [6, 6.07) is 10.8. The maximum atomic E-state index is 13.0. The lowest BCUT2D eigenvalue weighted by Crippen LogP contribution is -2.10. The highest BCUT2D eigenvalue weighted by molar-refractivity contribution is 7.09. The van der Waals surface area contributed by atoms with Gasteiger partial charge in [0.25, 0.3) is 5.56 Å². The molecule has 126 valence electrons. The zero-order valence-corrected chi connectivity index (χ0v) is 14.1. The van der Waals surface area contributed by atoms with Gasteiger partial charge < -0.3 is 9.97 Å². The van der Waals surface area contributed by atoms with Gasteiger partial charge in [0.1, 0.15) is 0 Å². The number of aromatic nitrogens is 4. The molecule has 0 fully saturated rings. The lowest BCUT2D eigenvalue weighted by Gasteiger charge is -2.01. The van der Waals surface area contributed by atoms with Crippen LogP contribution in [0.3, 0.4) is 0 Å². The van der Waals surface area contributed by atoms with Crippen molar-refractivity contribution in [3.8, 4) is 22.5 Å². The molecular weight excluding hydrogens is 351 g/mol. The number of aromatic amines is 2. The quantitative estimate of drug-likeness (QED) is 0.459. The molecule has 0 bridgehead atoms. The van der Waals surface area contributed by atoms with E-state index in [1.807, 2.05) is 35.0 Å². The van der Waals surface area contributed by atoms with E-state index in [1.165, 1.54) is 23.6 Å². The van der Waals surface area contributed by atoms with E-state index in [0.29, 0.717) is 11.4 Å². The van der Waals surface area contributed by atoms with Gasteiger partial charge in [0.2, 0.25) is 5.95 Å². The van der Waals surface area contributed by atoms with Crippen LogP contribution in [0.15, 0.2) is 58.1 Å². The fraction of sp³-hybridized carbons (Fsp3) is 0. The molecule has 26 heavy (non-hydrogen) atoms. The normalized spacial score (nSPS) is 11.4. The van der Waals surface area contributed by atoms with Crippen molar-refractivity contribution in [3.05, 3.63) is 69.7 Å². The van der Waals surface area contributed by atoms with Crippen LogP contribution in [0.5, 0.6) is 0 Å². The van der Waals surface area contributed by atoms with Crippen LogP contribution < -0.4 is 5.56 Å². The zero-order chi connectivity index (χ0) is 17.7. The van der Waals surface area contributed by atoms with Crippen molar-refractivity contribution >= 4 is 33.3 Å². The van der Waals surface area contributed by atoms with E-state index < -0.39 is 5.95 Å². The van der Waals surface area contributed by atoms with Crippen LogP contribution in [0.25, 0.3) is 44.5 Å². The summed E-state index contributed by atoms with van der Waals surface area (Å²) in [5.74, 6) is -0.508. The molecule has 5 nitrogen and oxygen atoms in total. The predicted octanol–water partition coefficient (Wildman–Crippen LogP) is 4.33. The first-order valence-corrected chi connectivity index (χ1v) is 8.83. The van der Waals surface area contributed by atoms with Gasteiger partial charge in [-0.05, 0) is 29.8 Å². The monoisotopic (exact) mass is 362 g/mol. The topological polar surface area (TPSA) is 74.4 Å². The van der Waals surface area contributed by atoms with Gasteiger partial charge in [0.05, 0.1) is 16.7 Å². The molecule has 5 rings (SSSR count). The Morgan fingerprint density at radius 3 is 2.69 bits per heavy atom. The van der Waals surface area contributed by atoms with E-state index in [2.05, 4.69) is 19.9 Å². The number of hydrogen-bond donors (Lipinski definition) is 2. The fourth-order valence-corrected chi connectivity index (χ4v) is 3.68. The van der Waals surface area contributed by atoms with Crippen molar-refractivity contribution in [3.63, 3.8) is 0 Å². The minimum atomic E-state index is -0.508. The van der Waals surface area contributed by atoms with Gasteiger partial charge in [-0.25, -0.2) is 9.97 Å². The van der Waals surface area contributed by atoms with Crippen LogP contribution >= 0.6 is 11.3 Å². The average molecular weight is 362 g/mol. The molecule has 0 aliphatic heterocycles. The standard InChI is InChI=1S/C19H11FN4OS/c20-17-4-3-12(7-21-17)10-1-2-11-6-14(22-13(11)5-10)18-19(25)24-16-9-26-8-15(16)23-18/h1-9,22H,(H,24,25).